The quantitative estimate of drug-likeness (QED) is 0.721. The van der Waals surface area contributed by atoms with E-state index < -0.39 is 0 Å². The Morgan fingerprint density at radius 1 is 0.933 bits per heavy atom. The van der Waals surface area contributed by atoms with Crippen LogP contribution in [-0.4, -0.2) is 83.3 Å². The van der Waals surface area contributed by atoms with Gasteiger partial charge in [-0.3, -0.25) is 14.5 Å². The normalized spacial score (nSPS) is 22.3. The van der Waals surface area contributed by atoms with Crippen LogP contribution in [0.1, 0.15) is 48.5 Å². The van der Waals surface area contributed by atoms with Crippen molar-refractivity contribution in [2.45, 2.75) is 45.1 Å². The summed E-state index contributed by atoms with van der Waals surface area (Å²) in [5, 5.41) is 0. The van der Waals surface area contributed by atoms with Gasteiger partial charge in [0.25, 0.3) is 5.91 Å². The Kier molecular flexibility index (Phi) is 7.37. The Bertz CT molecular complexity index is 718. The second kappa shape index (κ2) is 10.2. The molecule has 0 spiro atoms. The van der Waals surface area contributed by atoms with E-state index in [2.05, 4.69) is 28.9 Å². The molecular weight excluding hydrogens is 394 g/mol. The van der Waals surface area contributed by atoms with Crippen LogP contribution in [0, 0.1) is 5.92 Å². The van der Waals surface area contributed by atoms with Crippen LogP contribution in [0.25, 0.3) is 0 Å². The van der Waals surface area contributed by atoms with Gasteiger partial charge < -0.3 is 9.80 Å². The number of hydrogen-bond acceptors (Lipinski definition) is 4. The number of carbonyl (C=O) groups excluding carboxylic acids is 2. The summed E-state index contributed by atoms with van der Waals surface area (Å²) in [5.74, 6) is 3.06. The second-order valence-corrected chi connectivity index (χ2v) is 10.0. The molecular formula is C24H35N3O2S. The molecule has 4 rings (SSSR count). The van der Waals surface area contributed by atoms with Crippen molar-refractivity contribution in [3.8, 4) is 0 Å². The molecule has 6 heteroatoms. The maximum absolute atomic E-state index is 13.5. The van der Waals surface area contributed by atoms with E-state index in [-0.39, 0.29) is 11.9 Å². The fraction of sp³-hybridized carbons (Fsp3) is 0.667. The van der Waals surface area contributed by atoms with E-state index in [1.165, 1.54) is 31.2 Å². The lowest BCUT2D eigenvalue weighted by atomic mass is 9.94. The van der Waals surface area contributed by atoms with Gasteiger partial charge in [0.2, 0.25) is 5.91 Å². The van der Waals surface area contributed by atoms with Crippen LogP contribution in [-0.2, 0) is 11.2 Å². The van der Waals surface area contributed by atoms with Crippen molar-refractivity contribution in [3.05, 3.63) is 35.4 Å². The molecule has 3 aliphatic rings. The minimum absolute atomic E-state index is 0.0108. The highest BCUT2D eigenvalue weighted by molar-refractivity contribution is 7.99. The SMILES string of the molecule is CCc1ccc(C(=O)N2CCN([C@H](C(=O)N3CCSCC3)C3CCCC3)CC2)cc1. The molecule has 0 unspecified atom stereocenters. The lowest BCUT2D eigenvalue weighted by Crippen LogP contribution is -2.59. The van der Waals surface area contributed by atoms with E-state index in [1.807, 2.05) is 28.8 Å². The standard InChI is InChI=1S/C24H35N3O2S/c1-2-19-7-9-21(10-8-19)23(28)26-13-11-25(12-14-26)22(20-5-3-4-6-20)24(29)27-15-17-30-18-16-27/h7-10,20,22H,2-6,11-18H2,1H3/t22-/m0/s1. The summed E-state index contributed by atoms with van der Waals surface area (Å²) in [7, 11) is 0. The molecule has 1 aromatic rings. The summed E-state index contributed by atoms with van der Waals surface area (Å²) in [6, 6.07) is 8.01. The number of piperazine rings is 1. The van der Waals surface area contributed by atoms with Gasteiger partial charge in [0, 0.05) is 56.3 Å². The van der Waals surface area contributed by atoms with Crippen LogP contribution in [0.5, 0.6) is 0 Å². The van der Waals surface area contributed by atoms with E-state index in [0.29, 0.717) is 24.9 Å². The molecule has 30 heavy (non-hydrogen) atoms. The maximum Gasteiger partial charge on any atom is 0.253 e. The first kappa shape index (κ1) is 21.7. The smallest absolute Gasteiger partial charge is 0.253 e. The first-order valence-electron chi connectivity index (χ1n) is 11.7. The van der Waals surface area contributed by atoms with Crippen molar-refractivity contribution in [3.63, 3.8) is 0 Å². The third kappa shape index (κ3) is 4.86. The van der Waals surface area contributed by atoms with Crippen molar-refractivity contribution >= 4 is 23.6 Å². The summed E-state index contributed by atoms with van der Waals surface area (Å²) in [6.07, 6.45) is 5.82. The van der Waals surface area contributed by atoms with Gasteiger partial charge in [0.15, 0.2) is 0 Å². The number of aryl methyl sites for hydroxylation is 1. The third-order valence-electron chi connectivity index (χ3n) is 7.03. The minimum atomic E-state index is 0.0108. The monoisotopic (exact) mass is 429 g/mol. The predicted octanol–water partition coefficient (Wildman–Crippen LogP) is 3.14. The lowest BCUT2D eigenvalue weighted by Gasteiger charge is -2.43. The summed E-state index contributed by atoms with van der Waals surface area (Å²) in [5.41, 5.74) is 2.03. The summed E-state index contributed by atoms with van der Waals surface area (Å²) in [4.78, 5) is 32.9. The van der Waals surface area contributed by atoms with Crippen LogP contribution in [0.3, 0.4) is 0 Å². The van der Waals surface area contributed by atoms with Crippen molar-refractivity contribution < 1.29 is 9.59 Å². The zero-order valence-electron chi connectivity index (χ0n) is 18.2. The zero-order chi connectivity index (χ0) is 20.9. The first-order chi connectivity index (χ1) is 14.7. The number of benzene rings is 1. The molecule has 0 radical (unpaired) electrons. The molecule has 0 bridgehead atoms. The fourth-order valence-electron chi connectivity index (χ4n) is 5.17. The molecule has 1 atom stereocenters. The molecule has 164 valence electrons. The molecule has 2 aliphatic heterocycles. The molecule has 1 aromatic carbocycles. The van der Waals surface area contributed by atoms with Crippen molar-refractivity contribution in [2.75, 3.05) is 50.8 Å². The van der Waals surface area contributed by atoms with Crippen molar-refractivity contribution in [1.29, 1.82) is 0 Å². The molecule has 0 N–H and O–H groups in total. The van der Waals surface area contributed by atoms with E-state index in [0.717, 1.165) is 49.7 Å². The molecule has 0 aromatic heterocycles. The summed E-state index contributed by atoms with van der Waals surface area (Å²) in [6.45, 7) is 6.92. The Morgan fingerprint density at radius 3 is 2.17 bits per heavy atom. The highest BCUT2D eigenvalue weighted by Gasteiger charge is 2.39. The number of nitrogens with zero attached hydrogens (tertiary/aromatic N) is 3. The van der Waals surface area contributed by atoms with Crippen molar-refractivity contribution in [2.24, 2.45) is 5.92 Å². The second-order valence-electron chi connectivity index (χ2n) is 8.81. The van der Waals surface area contributed by atoms with Gasteiger partial charge in [0.05, 0.1) is 6.04 Å². The van der Waals surface area contributed by atoms with E-state index >= 15 is 0 Å². The lowest BCUT2D eigenvalue weighted by molar-refractivity contribution is -0.139. The highest BCUT2D eigenvalue weighted by Crippen LogP contribution is 2.32. The first-order valence-corrected chi connectivity index (χ1v) is 12.8. The maximum atomic E-state index is 13.5. The van der Waals surface area contributed by atoms with Gasteiger partial charge in [-0.1, -0.05) is 31.9 Å². The molecule has 5 nitrogen and oxygen atoms in total. The number of thioether (sulfide) groups is 1. The molecule has 3 fully saturated rings. The highest BCUT2D eigenvalue weighted by atomic mass is 32.2. The van der Waals surface area contributed by atoms with Gasteiger partial charge in [-0.25, -0.2) is 0 Å². The zero-order valence-corrected chi connectivity index (χ0v) is 19.0. The predicted molar refractivity (Wildman–Crippen MR) is 123 cm³/mol. The Hall–Kier alpha value is -1.53. The molecule has 2 amide bonds. The number of amides is 2. The number of rotatable bonds is 5. The van der Waals surface area contributed by atoms with Crippen LogP contribution in [0.15, 0.2) is 24.3 Å². The van der Waals surface area contributed by atoms with Gasteiger partial charge in [-0.05, 0) is 42.9 Å². The van der Waals surface area contributed by atoms with E-state index in [4.69, 9.17) is 0 Å². The molecule has 2 heterocycles. The fourth-order valence-corrected chi connectivity index (χ4v) is 6.07. The number of hydrogen-bond donors (Lipinski definition) is 0. The summed E-state index contributed by atoms with van der Waals surface area (Å²) < 4.78 is 0. The van der Waals surface area contributed by atoms with Crippen LogP contribution in [0.2, 0.25) is 0 Å². The van der Waals surface area contributed by atoms with Gasteiger partial charge in [-0.2, -0.15) is 11.8 Å². The third-order valence-corrected chi connectivity index (χ3v) is 7.97. The van der Waals surface area contributed by atoms with E-state index in [9.17, 15) is 9.59 Å². The van der Waals surface area contributed by atoms with Crippen molar-refractivity contribution in [1.82, 2.24) is 14.7 Å². The average Bonchev–Trinajstić information content (AvgIpc) is 3.34. The molecule has 2 saturated heterocycles. The van der Waals surface area contributed by atoms with Crippen LogP contribution >= 0.6 is 11.8 Å². The van der Waals surface area contributed by atoms with Gasteiger partial charge in [-0.15, -0.1) is 0 Å². The minimum Gasteiger partial charge on any atom is -0.340 e. The van der Waals surface area contributed by atoms with Crippen LogP contribution < -0.4 is 0 Å². The Morgan fingerprint density at radius 2 is 1.57 bits per heavy atom. The molecule has 1 aliphatic carbocycles. The Balaban J connectivity index is 1.40. The number of carbonyl (C=O) groups is 2. The largest absolute Gasteiger partial charge is 0.340 e. The molecule has 1 saturated carbocycles. The topological polar surface area (TPSA) is 43.9 Å². The van der Waals surface area contributed by atoms with Gasteiger partial charge in [0.1, 0.15) is 0 Å². The Labute approximate surface area is 185 Å². The van der Waals surface area contributed by atoms with Gasteiger partial charge >= 0.3 is 0 Å². The van der Waals surface area contributed by atoms with Crippen LogP contribution in [0.4, 0.5) is 0 Å². The average molecular weight is 430 g/mol. The van der Waals surface area contributed by atoms with E-state index in [1.54, 1.807) is 0 Å². The summed E-state index contributed by atoms with van der Waals surface area (Å²) >= 11 is 1.95.